The molecule has 0 atom stereocenters. The summed E-state index contributed by atoms with van der Waals surface area (Å²) < 4.78 is 16.8. The van der Waals surface area contributed by atoms with E-state index in [1.165, 1.54) is 12.1 Å². The van der Waals surface area contributed by atoms with E-state index in [1.807, 2.05) is 0 Å². The van der Waals surface area contributed by atoms with E-state index in [9.17, 15) is 14.5 Å². The molecular formula is C9H9BrFNO3. The van der Waals surface area contributed by atoms with Crippen molar-refractivity contribution in [3.63, 3.8) is 0 Å². The summed E-state index contributed by atoms with van der Waals surface area (Å²) in [6.45, 7) is -0.845. The molecule has 0 spiro atoms. The van der Waals surface area contributed by atoms with E-state index in [0.29, 0.717) is 5.33 Å². The third-order valence-corrected chi connectivity index (χ3v) is 2.36. The minimum absolute atomic E-state index is 0.106. The van der Waals surface area contributed by atoms with Crippen molar-refractivity contribution in [2.45, 2.75) is 5.33 Å². The second kappa shape index (κ2) is 5.65. The molecule has 0 aliphatic heterocycles. The van der Waals surface area contributed by atoms with Crippen LogP contribution in [0.5, 0.6) is 5.75 Å². The molecule has 0 heterocycles. The van der Waals surface area contributed by atoms with Crippen molar-refractivity contribution in [3.8, 4) is 5.75 Å². The predicted molar refractivity (Wildman–Crippen MR) is 57.2 cm³/mol. The van der Waals surface area contributed by atoms with Crippen molar-refractivity contribution < 1.29 is 14.1 Å². The number of hydrogen-bond acceptors (Lipinski definition) is 3. The Labute approximate surface area is 94.3 Å². The van der Waals surface area contributed by atoms with E-state index in [2.05, 4.69) is 15.9 Å². The first kappa shape index (κ1) is 11.9. The van der Waals surface area contributed by atoms with Crippen LogP contribution >= 0.6 is 15.9 Å². The number of hydrogen-bond donors (Lipinski definition) is 0. The Bertz CT molecular complexity index is 359. The Morgan fingerprint density at radius 1 is 1.53 bits per heavy atom. The van der Waals surface area contributed by atoms with Crippen LogP contribution in [0.15, 0.2) is 18.2 Å². The van der Waals surface area contributed by atoms with Crippen LogP contribution in [-0.2, 0) is 5.33 Å². The average Bonchev–Trinajstić information content (AvgIpc) is 2.25. The summed E-state index contributed by atoms with van der Waals surface area (Å²) in [4.78, 5) is 10.1. The third-order valence-electron chi connectivity index (χ3n) is 1.71. The van der Waals surface area contributed by atoms with Gasteiger partial charge in [0.1, 0.15) is 13.3 Å². The van der Waals surface area contributed by atoms with Gasteiger partial charge in [-0.05, 0) is 11.6 Å². The van der Waals surface area contributed by atoms with Gasteiger partial charge < -0.3 is 4.74 Å². The van der Waals surface area contributed by atoms with Crippen LogP contribution in [0, 0.1) is 10.1 Å². The van der Waals surface area contributed by atoms with Gasteiger partial charge in [-0.1, -0.05) is 22.0 Å². The number of alkyl halides is 2. The Morgan fingerprint density at radius 3 is 2.80 bits per heavy atom. The van der Waals surface area contributed by atoms with Gasteiger partial charge in [0.25, 0.3) is 0 Å². The summed E-state index contributed by atoms with van der Waals surface area (Å²) in [5.41, 5.74) is 0.697. The molecule has 6 heteroatoms. The lowest BCUT2D eigenvalue weighted by Gasteiger charge is -2.05. The summed E-state index contributed by atoms with van der Waals surface area (Å²) >= 11 is 3.22. The summed E-state index contributed by atoms with van der Waals surface area (Å²) in [5.74, 6) is 0.106. The van der Waals surface area contributed by atoms with Crippen LogP contribution in [0.1, 0.15) is 5.56 Å². The van der Waals surface area contributed by atoms with Crippen molar-refractivity contribution >= 4 is 21.6 Å². The van der Waals surface area contributed by atoms with Gasteiger partial charge in [0.05, 0.1) is 4.92 Å². The molecule has 1 aromatic carbocycles. The van der Waals surface area contributed by atoms with Crippen molar-refractivity contribution in [1.82, 2.24) is 0 Å². The maximum Gasteiger partial charge on any atom is 0.310 e. The molecule has 0 aliphatic rings. The van der Waals surface area contributed by atoms with Crippen LogP contribution in [0.4, 0.5) is 10.1 Å². The Kier molecular flexibility index (Phi) is 4.48. The molecule has 0 saturated carbocycles. The largest absolute Gasteiger partial charge is 0.484 e. The average molecular weight is 278 g/mol. The number of nitrogens with zero attached hydrogens (tertiary/aromatic N) is 1. The molecule has 0 N–H and O–H groups in total. The molecule has 4 nitrogen and oxygen atoms in total. The van der Waals surface area contributed by atoms with E-state index in [-0.39, 0.29) is 18.0 Å². The van der Waals surface area contributed by atoms with Gasteiger partial charge in [0, 0.05) is 11.4 Å². The Balaban J connectivity index is 2.99. The molecule has 0 bridgehead atoms. The highest BCUT2D eigenvalue weighted by molar-refractivity contribution is 9.08. The smallest absolute Gasteiger partial charge is 0.310 e. The Morgan fingerprint density at radius 2 is 2.27 bits per heavy atom. The molecule has 0 unspecified atom stereocenters. The fourth-order valence-corrected chi connectivity index (χ4v) is 1.41. The van der Waals surface area contributed by atoms with E-state index < -0.39 is 11.6 Å². The lowest BCUT2D eigenvalue weighted by molar-refractivity contribution is -0.385. The molecule has 0 saturated heterocycles. The number of benzene rings is 1. The zero-order chi connectivity index (χ0) is 11.3. The predicted octanol–water partition coefficient (Wildman–Crippen LogP) is 2.84. The summed E-state index contributed by atoms with van der Waals surface area (Å²) in [5, 5.41) is 11.2. The van der Waals surface area contributed by atoms with Crippen LogP contribution in [0.3, 0.4) is 0 Å². The minimum Gasteiger partial charge on any atom is -0.484 e. The molecule has 15 heavy (non-hydrogen) atoms. The zero-order valence-corrected chi connectivity index (χ0v) is 9.37. The number of nitro groups is 1. The molecule has 0 aliphatic carbocycles. The van der Waals surface area contributed by atoms with Gasteiger partial charge in [-0.15, -0.1) is 0 Å². The zero-order valence-electron chi connectivity index (χ0n) is 7.78. The summed E-state index contributed by atoms with van der Waals surface area (Å²) in [7, 11) is 0. The highest BCUT2D eigenvalue weighted by atomic mass is 79.9. The number of halogens is 2. The van der Waals surface area contributed by atoms with Crippen LogP contribution in [-0.4, -0.2) is 18.2 Å². The van der Waals surface area contributed by atoms with Gasteiger partial charge in [-0.25, -0.2) is 4.39 Å². The fraction of sp³-hybridized carbons (Fsp3) is 0.333. The van der Waals surface area contributed by atoms with Crippen molar-refractivity contribution in [2.75, 3.05) is 13.3 Å². The van der Waals surface area contributed by atoms with E-state index in [1.54, 1.807) is 6.07 Å². The lowest BCUT2D eigenvalue weighted by atomic mass is 10.2. The number of ether oxygens (including phenoxy) is 1. The van der Waals surface area contributed by atoms with E-state index in [4.69, 9.17) is 4.74 Å². The summed E-state index contributed by atoms with van der Waals surface area (Å²) in [6, 6.07) is 4.50. The van der Waals surface area contributed by atoms with Crippen molar-refractivity contribution in [1.29, 1.82) is 0 Å². The maximum atomic E-state index is 11.9. The van der Waals surface area contributed by atoms with Gasteiger partial charge in [0.2, 0.25) is 0 Å². The van der Waals surface area contributed by atoms with Crippen LogP contribution < -0.4 is 4.74 Å². The lowest BCUT2D eigenvalue weighted by Crippen LogP contribution is -2.02. The molecule has 82 valence electrons. The molecule has 0 aromatic heterocycles. The fourth-order valence-electron chi connectivity index (χ4n) is 1.06. The first-order valence-electron chi connectivity index (χ1n) is 4.21. The first-order valence-corrected chi connectivity index (χ1v) is 5.33. The van der Waals surface area contributed by atoms with E-state index in [0.717, 1.165) is 5.56 Å². The second-order valence-corrected chi connectivity index (χ2v) is 3.29. The monoisotopic (exact) mass is 277 g/mol. The molecular weight excluding hydrogens is 269 g/mol. The topological polar surface area (TPSA) is 52.4 Å². The van der Waals surface area contributed by atoms with Gasteiger partial charge in [-0.3, -0.25) is 10.1 Å². The normalized spacial score (nSPS) is 10.0. The molecule has 1 rings (SSSR count). The van der Waals surface area contributed by atoms with Crippen LogP contribution in [0.2, 0.25) is 0 Å². The molecule has 0 radical (unpaired) electrons. The molecule has 1 aromatic rings. The molecule has 0 amide bonds. The number of nitro benzene ring substituents is 1. The Hall–Kier alpha value is -1.17. The van der Waals surface area contributed by atoms with Crippen molar-refractivity contribution in [3.05, 3.63) is 33.9 Å². The van der Waals surface area contributed by atoms with Gasteiger partial charge in [-0.2, -0.15) is 0 Å². The number of rotatable bonds is 5. The van der Waals surface area contributed by atoms with Gasteiger partial charge in [0.15, 0.2) is 5.75 Å². The SMILES string of the molecule is O=[N+]([O-])c1ccc(CBr)cc1OCCF. The quantitative estimate of drug-likeness (QED) is 0.472. The first-order chi connectivity index (χ1) is 7.19. The maximum absolute atomic E-state index is 11.9. The van der Waals surface area contributed by atoms with E-state index >= 15 is 0 Å². The van der Waals surface area contributed by atoms with Crippen LogP contribution in [0.25, 0.3) is 0 Å². The van der Waals surface area contributed by atoms with Gasteiger partial charge >= 0.3 is 5.69 Å². The highest BCUT2D eigenvalue weighted by Gasteiger charge is 2.15. The minimum atomic E-state index is -0.671. The standard InChI is InChI=1S/C9H9BrFNO3/c10-6-7-1-2-8(12(13)14)9(5-7)15-4-3-11/h1-2,5H,3-4,6H2. The van der Waals surface area contributed by atoms with Crippen molar-refractivity contribution in [2.24, 2.45) is 0 Å². The summed E-state index contributed by atoms with van der Waals surface area (Å²) in [6.07, 6.45) is 0. The molecule has 0 fully saturated rings. The highest BCUT2D eigenvalue weighted by Crippen LogP contribution is 2.28. The second-order valence-electron chi connectivity index (χ2n) is 2.73. The third kappa shape index (κ3) is 3.16.